The number of alkyl carbamates (subject to hydrolysis) is 1. The van der Waals surface area contributed by atoms with Crippen LogP contribution in [0, 0.1) is 0 Å². The molecule has 0 radical (unpaired) electrons. The van der Waals surface area contributed by atoms with E-state index in [4.69, 9.17) is 4.74 Å². The lowest BCUT2D eigenvalue weighted by atomic mass is 10.1. The maximum atomic E-state index is 13.4. The zero-order valence-corrected chi connectivity index (χ0v) is 22.5. The van der Waals surface area contributed by atoms with Gasteiger partial charge in [-0.05, 0) is 62.6 Å². The van der Waals surface area contributed by atoms with Gasteiger partial charge in [0.2, 0.25) is 0 Å². The summed E-state index contributed by atoms with van der Waals surface area (Å²) in [5, 5.41) is 5.86. The second-order valence-corrected chi connectivity index (χ2v) is 10.6. The van der Waals surface area contributed by atoms with Crippen LogP contribution in [0.4, 0.5) is 10.5 Å². The monoisotopic (exact) mass is 504 g/mol. The average molecular weight is 505 g/mol. The third-order valence-electron chi connectivity index (χ3n) is 5.65. The predicted octanol–water partition coefficient (Wildman–Crippen LogP) is 7.39. The molecule has 6 heteroatoms. The van der Waals surface area contributed by atoms with Crippen molar-refractivity contribution in [2.75, 3.05) is 5.32 Å². The third kappa shape index (κ3) is 7.37. The van der Waals surface area contributed by atoms with Crippen LogP contribution in [0.1, 0.15) is 58.1 Å². The van der Waals surface area contributed by atoms with E-state index in [0.717, 1.165) is 16.2 Å². The van der Waals surface area contributed by atoms with Crippen molar-refractivity contribution in [3.05, 3.63) is 96.1 Å². The molecule has 2 N–H and O–H groups in total. The molecule has 4 rings (SSSR count). The number of benzene rings is 3. The highest BCUT2D eigenvalue weighted by Crippen LogP contribution is 2.52. The van der Waals surface area contributed by atoms with Gasteiger partial charge in [-0.15, -0.1) is 11.8 Å². The second kappa shape index (κ2) is 12.1. The summed E-state index contributed by atoms with van der Waals surface area (Å²) in [6.45, 7) is 9.41. The molecule has 0 aromatic heterocycles. The fourth-order valence-electron chi connectivity index (χ4n) is 3.90. The molecule has 5 nitrogen and oxygen atoms in total. The van der Waals surface area contributed by atoms with E-state index in [1.165, 1.54) is 5.56 Å². The van der Waals surface area contributed by atoms with Crippen molar-refractivity contribution >= 4 is 29.4 Å². The first-order valence-corrected chi connectivity index (χ1v) is 13.4. The van der Waals surface area contributed by atoms with E-state index in [9.17, 15) is 9.59 Å². The van der Waals surface area contributed by atoms with Gasteiger partial charge in [0.1, 0.15) is 11.1 Å². The van der Waals surface area contributed by atoms with Crippen molar-refractivity contribution in [1.82, 2.24) is 5.32 Å². The molecule has 1 saturated carbocycles. The van der Waals surface area contributed by atoms with Crippen molar-refractivity contribution in [1.29, 1.82) is 0 Å². The molecule has 3 aromatic rings. The third-order valence-corrected chi connectivity index (χ3v) is 6.74. The topological polar surface area (TPSA) is 67.4 Å². The number of carbonyl (C=O) groups is 2. The molecule has 0 heterocycles. The van der Waals surface area contributed by atoms with Gasteiger partial charge in [0, 0.05) is 22.3 Å². The normalized spacial score (nSPS) is 18.3. The van der Waals surface area contributed by atoms with Crippen molar-refractivity contribution in [3.63, 3.8) is 0 Å². The molecule has 0 aliphatic heterocycles. The van der Waals surface area contributed by atoms with Crippen LogP contribution in [0.5, 0.6) is 0 Å². The van der Waals surface area contributed by atoms with Gasteiger partial charge >= 0.3 is 6.09 Å². The lowest BCUT2D eigenvalue weighted by Crippen LogP contribution is -2.49. The van der Waals surface area contributed by atoms with Crippen LogP contribution in [0.2, 0.25) is 0 Å². The van der Waals surface area contributed by atoms with E-state index in [-0.39, 0.29) is 11.8 Å². The van der Waals surface area contributed by atoms with E-state index < -0.39 is 17.2 Å². The second-order valence-electron chi connectivity index (χ2n) is 9.52. The minimum absolute atomic E-state index is 0.109. The first-order chi connectivity index (χ1) is 17.2. The van der Waals surface area contributed by atoms with E-state index in [0.29, 0.717) is 12.1 Å². The van der Waals surface area contributed by atoms with E-state index in [1.54, 1.807) is 32.5 Å². The summed E-state index contributed by atoms with van der Waals surface area (Å²) in [6, 6.07) is 27.9. The first-order valence-electron chi connectivity index (χ1n) is 12.4. The van der Waals surface area contributed by atoms with Gasteiger partial charge in [-0.25, -0.2) is 4.79 Å². The molecule has 0 bridgehead atoms. The Morgan fingerprint density at radius 1 is 0.917 bits per heavy atom. The molecular weight excluding hydrogens is 468 g/mol. The summed E-state index contributed by atoms with van der Waals surface area (Å²) in [4.78, 5) is 27.1. The SMILES string of the molecule is CC.CC(C)(C)OC(=O)NC1(C(=O)Nc2ccc(SCc3ccccc3)cc2)CC1c1ccccc1. The molecule has 36 heavy (non-hydrogen) atoms. The Morgan fingerprint density at radius 3 is 2.08 bits per heavy atom. The van der Waals surface area contributed by atoms with E-state index in [2.05, 4.69) is 22.8 Å². The molecule has 1 aliphatic rings. The number of rotatable bonds is 7. The molecule has 0 saturated heterocycles. The van der Waals surface area contributed by atoms with Crippen molar-refractivity contribution in [2.24, 2.45) is 0 Å². The zero-order valence-electron chi connectivity index (χ0n) is 21.7. The van der Waals surface area contributed by atoms with Gasteiger partial charge in [0.05, 0.1) is 0 Å². The maximum Gasteiger partial charge on any atom is 0.408 e. The highest BCUT2D eigenvalue weighted by Gasteiger charge is 2.62. The fraction of sp³-hybridized carbons (Fsp3) is 0.333. The predicted molar refractivity (Wildman–Crippen MR) is 148 cm³/mol. The van der Waals surface area contributed by atoms with Gasteiger partial charge in [0.15, 0.2) is 0 Å². The number of carbonyl (C=O) groups excluding carboxylic acids is 2. The molecule has 2 atom stereocenters. The molecule has 1 aliphatic carbocycles. The van der Waals surface area contributed by atoms with Gasteiger partial charge in [0.25, 0.3) is 5.91 Å². The summed E-state index contributed by atoms with van der Waals surface area (Å²) in [6.07, 6.45) is -0.0682. The van der Waals surface area contributed by atoms with Crippen LogP contribution >= 0.6 is 11.8 Å². The van der Waals surface area contributed by atoms with Crippen LogP contribution < -0.4 is 10.6 Å². The molecule has 1 fully saturated rings. The molecule has 3 aromatic carbocycles. The minimum Gasteiger partial charge on any atom is -0.444 e. The number of amides is 2. The van der Waals surface area contributed by atoms with Crippen LogP contribution in [-0.4, -0.2) is 23.1 Å². The summed E-state index contributed by atoms with van der Waals surface area (Å²) < 4.78 is 5.44. The van der Waals surface area contributed by atoms with Crippen molar-refractivity contribution in [2.45, 2.75) is 68.7 Å². The number of anilines is 1. The Morgan fingerprint density at radius 2 is 1.50 bits per heavy atom. The smallest absolute Gasteiger partial charge is 0.408 e. The Bertz CT molecular complexity index is 1130. The number of hydrogen-bond acceptors (Lipinski definition) is 4. The fourth-order valence-corrected chi connectivity index (χ4v) is 4.75. The van der Waals surface area contributed by atoms with Crippen LogP contribution in [0.3, 0.4) is 0 Å². The molecule has 190 valence electrons. The summed E-state index contributed by atoms with van der Waals surface area (Å²) in [7, 11) is 0. The van der Waals surface area contributed by atoms with E-state index in [1.807, 2.05) is 86.6 Å². The van der Waals surface area contributed by atoms with Crippen LogP contribution in [0.15, 0.2) is 89.8 Å². The average Bonchev–Trinajstić information content (AvgIpc) is 3.60. The zero-order chi connectivity index (χ0) is 26.2. The van der Waals surface area contributed by atoms with Gasteiger partial charge < -0.3 is 15.4 Å². The van der Waals surface area contributed by atoms with Crippen molar-refractivity contribution in [3.8, 4) is 0 Å². The summed E-state index contributed by atoms with van der Waals surface area (Å²) >= 11 is 1.74. The van der Waals surface area contributed by atoms with E-state index >= 15 is 0 Å². The summed E-state index contributed by atoms with van der Waals surface area (Å²) in [5.41, 5.74) is 1.29. The van der Waals surface area contributed by atoms with Gasteiger partial charge in [-0.1, -0.05) is 74.5 Å². The Hall–Kier alpha value is -3.25. The highest BCUT2D eigenvalue weighted by atomic mass is 32.2. The Balaban J connectivity index is 0.00000176. The summed E-state index contributed by atoms with van der Waals surface area (Å²) in [5.74, 6) is 0.535. The Labute approximate surface area is 219 Å². The quantitative estimate of drug-likeness (QED) is 0.329. The maximum absolute atomic E-state index is 13.4. The molecule has 2 amide bonds. The largest absolute Gasteiger partial charge is 0.444 e. The number of ether oxygens (including phenoxy) is 1. The van der Waals surface area contributed by atoms with Crippen LogP contribution in [-0.2, 0) is 15.3 Å². The molecular formula is C30H36N2O3S. The van der Waals surface area contributed by atoms with Gasteiger partial charge in [-0.3, -0.25) is 4.79 Å². The number of nitrogens with one attached hydrogen (secondary N) is 2. The number of hydrogen-bond donors (Lipinski definition) is 2. The van der Waals surface area contributed by atoms with Gasteiger partial charge in [-0.2, -0.15) is 0 Å². The number of thioether (sulfide) groups is 1. The van der Waals surface area contributed by atoms with Crippen molar-refractivity contribution < 1.29 is 14.3 Å². The highest BCUT2D eigenvalue weighted by molar-refractivity contribution is 7.98. The minimum atomic E-state index is -1.04. The van der Waals surface area contributed by atoms with Crippen LogP contribution in [0.25, 0.3) is 0 Å². The Kier molecular flexibility index (Phi) is 9.21. The first kappa shape index (κ1) is 27.3. The molecule has 2 unspecified atom stereocenters. The lowest BCUT2D eigenvalue weighted by Gasteiger charge is -2.24. The standard InChI is InChI=1S/C28H30N2O3S.C2H6/c1-27(2,3)33-26(32)30-28(18-24(28)21-12-8-5-9-13-21)25(31)29-22-14-16-23(17-15-22)34-19-20-10-6-4-7-11-20;1-2/h4-17,24H,18-19H2,1-3H3,(H,29,31)(H,30,32);1-2H3. The lowest BCUT2D eigenvalue weighted by molar-refractivity contribution is -0.119. The molecule has 0 spiro atoms.